The van der Waals surface area contributed by atoms with Crippen LogP contribution in [0.2, 0.25) is 0 Å². The maximum absolute atomic E-state index is 12.2. The van der Waals surface area contributed by atoms with Gasteiger partial charge >= 0.3 is 0 Å². The Morgan fingerprint density at radius 1 is 1.50 bits per heavy atom. The van der Waals surface area contributed by atoms with E-state index in [0.717, 1.165) is 12.1 Å². The van der Waals surface area contributed by atoms with E-state index < -0.39 is 0 Å². The van der Waals surface area contributed by atoms with E-state index in [9.17, 15) is 9.59 Å². The number of pyridine rings is 1. The molecule has 1 aromatic rings. The first-order valence-corrected chi connectivity index (χ1v) is 6.73. The van der Waals surface area contributed by atoms with Gasteiger partial charge in [0.1, 0.15) is 6.61 Å². The monoisotopic (exact) mass is 275 g/mol. The Bertz CT molecular complexity index is 520. The van der Waals surface area contributed by atoms with E-state index in [2.05, 4.69) is 4.98 Å². The van der Waals surface area contributed by atoms with Crippen molar-refractivity contribution in [3.63, 3.8) is 0 Å². The number of rotatable bonds is 3. The van der Waals surface area contributed by atoms with E-state index in [1.54, 1.807) is 22.2 Å². The lowest BCUT2D eigenvalue weighted by Crippen LogP contribution is -2.41. The fourth-order valence-electron chi connectivity index (χ4n) is 3.19. The van der Waals surface area contributed by atoms with Gasteiger partial charge in [-0.3, -0.25) is 14.6 Å². The number of amides is 2. The second kappa shape index (κ2) is 5.20. The molecule has 2 aliphatic heterocycles. The van der Waals surface area contributed by atoms with Gasteiger partial charge in [0.15, 0.2) is 0 Å². The molecule has 6 heteroatoms. The minimum absolute atomic E-state index is 0.0367. The predicted octanol–water partition coefficient (Wildman–Crippen LogP) is 0.434. The molecular formula is C14H17N3O3. The van der Waals surface area contributed by atoms with Gasteiger partial charge in [-0.25, -0.2) is 0 Å². The van der Waals surface area contributed by atoms with Gasteiger partial charge in [0, 0.05) is 26.3 Å². The van der Waals surface area contributed by atoms with Crippen LogP contribution < -0.4 is 4.90 Å². The normalized spacial score (nSPS) is 25.1. The average molecular weight is 275 g/mol. The van der Waals surface area contributed by atoms with E-state index in [0.29, 0.717) is 13.0 Å². The third-order valence-corrected chi connectivity index (χ3v) is 4.01. The highest BCUT2D eigenvalue weighted by molar-refractivity contribution is 5.98. The van der Waals surface area contributed by atoms with Crippen LogP contribution in [0.25, 0.3) is 0 Å². The van der Waals surface area contributed by atoms with Crippen LogP contribution in [0.3, 0.4) is 0 Å². The van der Waals surface area contributed by atoms with Gasteiger partial charge in [-0.15, -0.1) is 0 Å². The first kappa shape index (κ1) is 13.1. The molecule has 0 spiro atoms. The largest absolute Gasteiger partial charge is 0.375 e. The molecule has 3 heterocycles. The molecule has 0 aromatic carbocycles. The second-order valence-corrected chi connectivity index (χ2v) is 5.12. The fourth-order valence-corrected chi connectivity index (χ4v) is 3.19. The van der Waals surface area contributed by atoms with Crippen LogP contribution in [-0.2, 0) is 14.3 Å². The molecule has 0 bridgehead atoms. The third kappa shape index (κ3) is 2.06. The zero-order chi connectivity index (χ0) is 14.1. The Labute approximate surface area is 117 Å². The van der Waals surface area contributed by atoms with Crippen molar-refractivity contribution in [2.24, 2.45) is 0 Å². The van der Waals surface area contributed by atoms with E-state index in [-0.39, 0.29) is 30.5 Å². The van der Waals surface area contributed by atoms with Crippen molar-refractivity contribution >= 4 is 17.5 Å². The molecule has 106 valence electrons. The Hall–Kier alpha value is -1.95. The number of hydrogen-bond acceptors (Lipinski definition) is 4. The summed E-state index contributed by atoms with van der Waals surface area (Å²) in [7, 11) is 1.51. The van der Waals surface area contributed by atoms with Gasteiger partial charge in [-0.1, -0.05) is 0 Å². The van der Waals surface area contributed by atoms with Crippen molar-refractivity contribution in [2.45, 2.75) is 24.9 Å². The SMILES string of the molecule is COCC(=O)N1CC[C@@H]2[C@@H]1CC(=O)N2c1cccnc1. The van der Waals surface area contributed by atoms with Crippen LogP contribution in [-0.4, -0.2) is 54.0 Å². The summed E-state index contributed by atoms with van der Waals surface area (Å²) in [6.07, 6.45) is 4.57. The number of hydrogen-bond donors (Lipinski definition) is 0. The third-order valence-electron chi connectivity index (χ3n) is 4.01. The molecule has 2 aliphatic rings. The lowest BCUT2D eigenvalue weighted by molar-refractivity contribution is -0.136. The van der Waals surface area contributed by atoms with Crippen LogP contribution >= 0.6 is 0 Å². The Morgan fingerprint density at radius 3 is 3.05 bits per heavy atom. The highest BCUT2D eigenvalue weighted by Crippen LogP contribution is 2.35. The molecule has 2 fully saturated rings. The quantitative estimate of drug-likeness (QED) is 0.802. The summed E-state index contributed by atoms with van der Waals surface area (Å²) < 4.78 is 4.90. The van der Waals surface area contributed by atoms with Gasteiger partial charge in [0.2, 0.25) is 11.8 Å². The van der Waals surface area contributed by atoms with Crippen LogP contribution in [0.5, 0.6) is 0 Å². The van der Waals surface area contributed by atoms with Crippen LogP contribution in [0.15, 0.2) is 24.5 Å². The lowest BCUT2D eigenvalue weighted by Gasteiger charge is -2.25. The van der Waals surface area contributed by atoms with Crippen LogP contribution in [0.4, 0.5) is 5.69 Å². The van der Waals surface area contributed by atoms with Crippen molar-refractivity contribution in [1.29, 1.82) is 0 Å². The smallest absolute Gasteiger partial charge is 0.248 e. The Morgan fingerprint density at radius 2 is 2.35 bits per heavy atom. The zero-order valence-corrected chi connectivity index (χ0v) is 11.4. The summed E-state index contributed by atoms with van der Waals surface area (Å²) in [6, 6.07) is 3.73. The highest BCUT2D eigenvalue weighted by atomic mass is 16.5. The highest BCUT2D eigenvalue weighted by Gasteiger charge is 2.48. The minimum Gasteiger partial charge on any atom is -0.375 e. The van der Waals surface area contributed by atoms with Gasteiger partial charge in [-0.2, -0.15) is 0 Å². The molecule has 0 N–H and O–H groups in total. The molecule has 2 saturated heterocycles. The standard InChI is InChI=1S/C14H17N3O3/c1-20-9-14(19)16-6-4-11-12(16)7-13(18)17(11)10-3-2-5-15-8-10/h2-3,5,8,11-12H,4,6-7,9H2,1H3/t11-,12+/m1/s1. The molecule has 3 rings (SSSR count). The Kier molecular flexibility index (Phi) is 3.40. The molecule has 0 radical (unpaired) electrons. The molecule has 0 saturated carbocycles. The maximum Gasteiger partial charge on any atom is 0.248 e. The molecular weight excluding hydrogens is 258 g/mol. The Balaban J connectivity index is 1.82. The number of methoxy groups -OCH3 is 1. The van der Waals surface area contributed by atoms with Crippen molar-refractivity contribution < 1.29 is 14.3 Å². The van der Waals surface area contributed by atoms with Crippen LogP contribution in [0.1, 0.15) is 12.8 Å². The summed E-state index contributed by atoms with van der Waals surface area (Å²) >= 11 is 0. The number of likely N-dealkylation sites (tertiary alicyclic amines) is 1. The van der Waals surface area contributed by atoms with Gasteiger partial charge in [-0.05, 0) is 18.6 Å². The number of carbonyl (C=O) groups is 2. The number of carbonyl (C=O) groups excluding carboxylic acids is 2. The van der Waals surface area contributed by atoms with Crippen molar-refractivity contribution in [3.8, 4) is 0 Å². The summed E-state index contributed by atoms with van der Waals surface area (Å²) in [5.74, 6) is 0.0174. The van der Waals surface area contributed by atoms with Crippen molar-refractivity contribution in [3.05, 3.63) is 24.5 Å². The molecule has 0 unspecified atom stereocenters. The molecule has 20 heavy (non-hydrogen) atoms. The van der Waals surface area contributed by atoms with E-state index in [4.69, 9.17) is 4.74 Å². The maximum atomic E-state index is 12.2. The first-order valence-electron chi connectivity index (χ1n) is 6.73. The van der Waals surface area contributed by atoms with Crippen LogP contribution in [0, 0.1) is 0 Å². The summed E-state index contributed by atoms with van der Waals surface area (Å²) in [6.45, 7) is 0.756. The van der Waals surface area contributed by atoms with E-state index >= 15 is 0 Å². The number of nitrogens with zero attached hydrogens (tertiary/aromatic N) is 3. The second-order valence-electron chi connectivity index (χ2n) is 5.12. The molecule has 2 amide bonds. The fraction of sp³-hybridized carbons (Fsp3) is 0.500. The predicted molar refractivity (Wildman–Crippen MR) is 72.1 cm³/mol. The summed E-state index contributed by atoms with van der Waals surface area (Å²) in [4.78, 5) is 31.9. The number of anilines is 1. The number of ether oxygens (including phenoxy) is 1. The van der Waals surface area contributed by atoms with Gasteiger partial charge in [0.25, 0.3) is 0 Å². The van der Waals surface area contributed by atoms with Crippen molar-refractivity contribution in [1.82, 2.24) is 9.88 Å². The minimum atomic E-state index is -0.0409. The zero-order valence-electron chi connectivity index (χ0n) is 11.4. The van der Waals surface area contributed by atoms with Crippen molar-refractivity contribution in [2.75, 3.05) is 25.2 Å². The average Bonchev–Trinajstić information content (AvgIpc) is 2.97. The molecule has 2 atom stereocenters. The summed E-state index contributed by atoms with van der Waals surface area (Å²) in [5.41, 5.74) is 0.811. The lowest BCUT2D eigenvalue weighted by atomic mass is 10.1. The number of aromatic nitrogens is 1. The molecule has 6 nitrogen and oxygen atoms in total. The topological polar surface area (TPSA) is 62.7 Å². The van der Waals surface area contributed by atoms with E-state index in [1.165, 1.54) is 7.11 Å². The number of fused-ring (bicyclic) bond motifs is 1. The molecule has 1 aromatic heterocycles. The molecule has 0 aliphatic carbocycles. The van der Waals surface area contributed by atoms with Gasteiger partial charge < -0.3 is 14.5 Å². The van der Waals surface area contributed by atoms with Gasteiger partial charge in [0.05, 0.1) is 24.0 Å². The summed E-state index contributed by atoms with van der Waals surface area (Å²) in [5, 5.41) is 0. The van der Waals surface area contributed by atoms with E-state index in [1.807, 2.05) is 12.1 Å². The first-order chi connectivity index (χ1) is 9.72.